The van der Waals surface area contributed by atoms with Gasteiger partial charge < -0.3 is 4.74 Å². The average Bonchev–Trinajstić information content (AvgIpc) is 3.24. The number of para-hydroxylation sites is 1. The summed E-state index contributed by atoms with van der Waals surface area (Å²) in [5, 5.41) is 12.6. The fourth-order valence-corrected chi connectivity index (χ4v) is 3.05. The number of nitrogens with one attached hydrogen (secondary N) is 1. The highest BCUT2D eigenvalue weighted by Crippen LogP contribution is 2.24. The predicted molar refractivity (Wildman–Crippen MR) is 98.5 cm³/mol. The van der Waals surface area contributed by atoms with Crippen molar-refractivity contribution in [2.24, 2.45) is 0 Å². The van der Waals surface area contributed by atoms with Crippen molar-refractivity contribution in [2.75, 3.05) is 0 Å². The first kappa shape index (κ1) is 16.4. The quantitative estimate of drug-likeness (QED) is 0.552. The Hall–Kier alpha value is -3.12. The number of H-pyrrole nitrogens is 1. The third-order valence-corrected chi connectivity index (χ3v) is 4.54. The Bertz CT molecular complexity index is 1090. The number of hydrogen-bond donors (Lipinski definition) is 1. The van der Waals surface area contributed by atoms with Crippen molar-refractivity contribution in [1.82, 2.24) is 20.0 Å². The zero-order valence-electron chi connectivity index (χ0n) is 13.9. The summed E-state index contributed by atoms with van der Waals surface area (Å²) in [5.74, 6) is -0.426. The Morgan fingerprint density at radius 3 is 2.85 bits per heavy atom. The van der Waals surface area contributed by atoms with E-state index < -0.39 is 5.97 Å². The molecule has 2 heterocycles. The molecule has 0 atom stereocenters. The topological polar surface area (TPSA) is 72.8 Å². The third-order valence-electron chi connectivity index (χ3n) is 4.15. The molecule has 0 aliphatic heterocycles. The highest BCUT2D eigenvalue weighted by molar-refractivity contribution is 6.30. The number of carbonyl (C=O) groups is 1. The number of hydrogen-bond acceptors (Lipinski definition) is 4. The van der Waals surface area contributed by atoms with E-state index in [1.165, 1.54) is 0 Å². The summed E-state index contributed by atoms with van der Waals surface area (Å²) < 4.78 is 7.08. The Kier molecular flexibility index (Phi) is 4.18. The summed E-state index contributed by atoms with van der Waals surface area (Å²) in [5.41, 5.74) is 3.49. The summed E-state index contributed by atoms with van der Waals surface area (Å²) in [6.07, 6.45) is 1.70. The number of halogens is 1. The van der Waals surface area contributed by atoms with Crippen LogP contribution < -0.4 is 0 Å². The molecule has 0 saturated heterocycles. The van der Waals surface area contributed by atoms with Gasteiger partial charge in [-0.2, -0.15) is 10.2 Å². The molecular formula is C19H15ClN4O2. The van der Waals surface area contributed by atoms with Crippen molar-refractivity contribution in [1.29, 1.82) is 0 Å². The van der Waals surface area contributed by atoms with Crippen LogP contribution in [0.25, 0.3) is 16.6 Å². The molecule has 130 valence electrons. The van der Waals surface area contributed by atoms with Crippen LogP contribution in [-0.2, 0) is 11.3 Å². The number of nitrogens with zero attached hydrogens (tertiary/aromatic N) is 3. The second-order valence-electron chi connectivity index (χ2n) is 5.85. The zero-order valence-corrected chi connectivity index (χ0v) is 14.7. The molecule has 0 spiro atoms. The fraction of sp³-hybridized carbons (Fsp3) is 0.105. The van der Waals surface area contributed by atoms with Crippen molar-refractivity contribution in [2.45, 2.75) is 13.5 Å². The second kappa shape index (κ2) is 6.65. The van der Waals surface area contributed by atoms with Crippen LogP contribution in [-0.4, -0.2) is 25.9 Å². The van der Waals surface area contributed by atoms with Gasteiger partial charge in [-0.15, -0.1) is 0 Å². The van der Waals surface area contributed by atoms with Crippen molar-refractivity contribution >= 4 is 28.5 Å². The molecule has 0 unspecified atom stereocenters. The van der Waals surface area contributed by atoms with Gasteiger partial charge in [0, 0.05) is 10.9 Å². The molecule has 26 heavy (non-hydrogen) atoms. The molecule has 0 radical (unpaired) electrons. The van der Waals surface area contributed by atoms with Crippen LogP contribution in [0.5, 0.6) is 0 Å². The minimum atomic E-state index is -0.426. The maximum Gasteiger partial charge on any atom is 0.338 e. The molecule has 4 aromatic rings. The lowest BCUT2D eigenvalue weighted by Gasteiger charge is -2.06. The standard InChI is InChI=1S/C19H15ClN4O2/c1-12-16(18(20)24(23-12)15-5-3-2-4-6-15)11-26-19(25)13-7-8-14-10-21-22-17(14)9-13/h2-10H,11H2,1H3,(H,21,22). The summed E-state index contributed by atoms with van der Waals surface area (Å²) in [6.45, 7) is 1.89. The van der Waals surface area contributed by atoms with E-state index >= 15 is 0 Å². The highest BCUT2D eigenvalue weighted by atomic mass is 35.5. The molecule has 2 aromatic carbocycles. The van der Waals surface area contributed by atoms with Gasteiger partial charge in [-0.1, -0.05) is 35.9 Å². The van der Waals surface area contributed by atoms with Crippen LogP contribution in [0.1, 0.15) is 21.6 Å². The van der Waals surface area contributed by atoms with Gasteiger partial charge >= 0.3 is 5.97 Å². The largest absolute Gasteiger partial charge is 0.457 e. The SMILES string of the molecule is Cc1nn(-c2ccccc2)c(Cl)c1COC(=O)c1ccc2cn[nH]c2c1. The van der Waals surface area contributed by atoms with Gasteiger partial charge in [-0.3, -0.25) is 5.10 Å². The molecule has 6 nitrogen and oxygen atoms in total. The number of aromatic amines is 1. The van der Waals surface area contributed by atoms with E-state index in [-0.39, 0.29) is 6.61 Å². The number of fused-ring (bicyclic) bond motifs is 1. The first-order chi connectivity index (χ1) is 12.6. The molecule has 0 fully saturated rings. The third kappa shape index (κ3) is 2.95. The fourth-order valence-electron chi connectivity index (χ4n) is 2.72. The first-order valence-electron chi connectivity index (χ1n) is 8.03. The lowest BCUT2D eigenvalue weighted by Crippen LogP contribution is -2.06. The maximum absolute atomic E-state index is 12.4. The molecule has 1 N–H and O–H groups in total. The van der Waals surface area contributed by atoms with Crippen LogP contribution in [0.15, 0.2) is 54.7 Å². The van der Waals surface area contributed by atoms with E-state index in [1.807, 2.05) is 43.3 Å². The van der Waals surface area contributed by atoms with Crippen molar-refractivity contribution in [3.8, 4) is 5.69 Å². The van der Waals surface area contributed by atoms with Gasteiger partial charge in [-0.05, 0) is 31.2 Å². The normalized spacial score (nSPS) is 11.0. The summed E-state index contributed by atoms with van der Waals surface area (Å²) in [7, 11) is 0. The van der Waals surface area contributed by atoms with Crippen LogP contribution in [0, 0.1) is 6.92 Å². The average molecular weight is 367 g/mol. The molecule has 0 bridgehead atoms. The zero-order chi connectivity index (χ0) is 18.1. The molecule has 7 heteroatoms. The van der Waals surface area contributed by atoms with Crippen LogP contribution in [0.4, 0.5) is 0 Å². The maximum atomic E-state index is 12.4. The summed E-state index contributed by atoms with van der Waals surface area (Å²) in [6, 6.07) is 14.8. The summed E-state index contributed by atoms with van der Waals surface area (Å²) >= 11 is 6.45. The van der Waals surface area contributed by atoms with Crippen molar-refractivity contribution < 1.29 is 9.53 Å². The number of aryl methyl sites for hydroxylation is 1. The molecule has 2 aromatic heterocycles. The van der Waals surface area contributed by atoms with Gasteiger partial charge in [-0.25, -0.2) is 9.48 Å². The Balaban J connectivity index is 1.54. The molecule has 0 aliphatic rings. The van der Waals surface area contributed by atoms with E-state index in [9.17, 15) is 4.79 Å². The number of aromatic nitrogens is 4. The number of esters is 1. The van der Waals surface area contributed by atoms with Crippen LogP contribution in [0.2, 0.25) is 5.15 Å². The van der Waals surface area contributed by atoms with E-state index in [0.717, 1.165) is 22.3 Å². The number of rotatable bonds is 4. The van der Waals surface area contributed by atoms with Crippen molar-refractivity contribution in [3.63, 3.8) is 0 Å². The number of carbonyl (C=O) groups excluding carboxylic acids is 1. The van der Waals surface area contributed by atoms with E-state index in [2.05, 4.69) is 15.3 Å². The predicted octanol–water partition coefficient (Wildman–Crippen LogP) is 4.07. The number of ether oxygens (including phenoxy) is 1. The van der Waals surface area contributed by atoms with E-state index in [0.29, 0.717) is 16.3 Å². The Morgan fingerprint density at radius 2 is 2.04 bits per heavy atom. The van der Waals surface area contributed by atoms with Crippen LogP contribution >= 0.6 is 11.6 Å². The molecule has 4 rings (SSSR count). The first-order valence-corrected chi connectivity index (χ1v) is 8.41. The van der Waals surface area contributed by atoms with Gasteiger partial charge in [0.05, 0.1) is 28.7 Å². The van der Waals surface area contributed by atoms with Crippen molar-refractivity contribution in [3.05, 3.63) is 76.7 Å². The van der Waals surface area contributed by atoms with Gasteiger partial charge in [0.2, 0.25) is 0 Å². The van der Waals surface area contributed by atoms with E-state index in [4.69, 9.17) is 16.3 Å². The summed E-state index contributed by atoms with van der Waals surface area (Å²) in [4.78, 5) is 12.4. The monoisotopic (exact) mass is 366 g/mol. The smallest absolute Gasteiger partial charge is 0.338 e. The van der Waals surface area contributed by atoms with E-state index in [1.54, 1.807) is 23.0 Å². The lowest BCUT2D eigenvalue weighted by molar-refractivity contribution is 0.0472. The minimum absolute atomic E-state index is 0.0529. The van der Waals surface area contributed by atoms with Gasteiger partial charge in [0.1, 0.15) is 11.8 Å². The van der Waals surface area contributed by atoms with Gasteiger partial charge in [0.15, 0.2) is 0 Å². The minimum Gasteiger partial charge on any atom is -0.457 e. The lowest BCUT2D eigenvalue weighted by atomic mass is 10.2. The molecular weight excluding hydrogens is 352 g/mol. The molecule has 0 amide bonds. The highest BCUT2D eigenvalue weighted by Gasteiger charge is 2.17. The Labute approximate surface area is 154 Å². The molecule has 0 aliphatic carbocycles. The number of benzene rings is 2. The molecule has 0 saturated carbocycles. The Morgan fingerprint density at radius 1 is 1.23 bits per heavy atom. The van der Waals surface area contributed by atoms with Crippen LogP contribution in [0.3, 0.4) is 0 Å². The second-order valence-corrected chi connectivity index (χ2v) is 6.21. The van der Waals surface area contributed by atoms with Gasteiger partial charge in [0.25, 0.3) is 0 Å².